The first-order valence-corrected chi connectivity index (χ1v) is 7.89. The third-order valence-electron chi connectivity index (χ3n) is 4.28. The lowest BCUT2D eigenvalue weighted by atomic mass is 9.92. The fourth-order valence-corrected chi connectivity index (χ4v) is 2.91. The van der Waals surface area contributed by atoms with E-state index in [0.29, 0.717) is 19.6 Å². The van der Waals surface area contributed by atoms with E-state index in [-0.39, 0.29) is 24.7 Å². The van der Waals surface area contributed by atoms with Gasteiger partial charge in [0.2, 0.25) is 0 Å². The topological polar surface area (TPSA) is 49.8 Å². The lowest BCUT2D eigenvalue weighted by molar-refractivity contribution is -0.162. The number of likely N-dealkylation sites (tertiary alicyclic amines) is 1. The molecule has 0 aliphatic carbocycles. The van der Waals surface area contributed by atoms with Crippen molar-refractivity contribution in [2.75, 3.05) is 6.61 Å². The van der Waals surface area contributed by atoms with Gasteiger partial charge in [0.1, 0.15) is 12.6 Å². The number of nitrogens with zero attached hydrogens (tertiary/aromatic N) is 1. The van der Waals surface area contributed by atoms with Crippen LogP contribution in [0.15, 0.2) is 60.7 Å². The maximum Gasteiger partial charge on any atom is 0.323 e. The highest BCUT2D eigenvalue weighted by molar-refractivity contribution is 5.77. The van der Waals surface area contributed by atoms with Gasteiger partial charge in [-0.25, -0.2) is 0 Å². The lowest BCUT2D eigenvalue weighted by Crippen LogP contribution is -2.60. The molecule has 0 saturated carbocycles. The van der Waals surface area contributed by atoms with Gasteiger partial charge in [-0.1, -0.05) is 60.7 Å². The number of aliphatic hydroxyl groups excluding tert-OH is 1. The molecular formula is C19H21NO3. The average molecular weight is 311 g/mol. The molecule has 2 aromatic rings. The highest BCUT2D eigenvalue weighted by atomic mass is 16.5. The number of hydrogen-bond acceptors (Lipinski definition) is 4. The van der Waals surface area contributed by atoms with Crippen LogP contribution >= 0.6 is 0 Å². The van der Waals surface area contributed by atoms with Crippen molar-refractivity contribution < 1.29 is 14.6 Å². The number of carbonyl (C=O) groups excluding carboxylic acids is 1. The summed E-state index contributed by atoms with van der Waals surface area (Å²) in [4.78, 5) is 14.3. The Labute approximate surface area is 136 Å². The van der Waals surface area contributed by atoms with Gasteiger partial charge in [0.15, 0.2) is 0 Å². The first-order chi connectivity index (χ1) is 11.3. The summed E-state index contributed by atoms with van der Waals surface area (Å²) >= 11 is 0. The first-order valence-electron chi connectivity index (χ1n) is 7.89. The van der Waals surface area contributed by atoms with Gasteiger partial charge in [0, 0.05) is 12.6 Å². The third kappa shape index (κ3) is 3.78. The van der Waals surface area contributed by atoms with E-state index in [9.17, 15) is 9.90 Å². The molecule has 1 aliphatic rings. The highest BCUT2D eigenvalue weighted by Gasteiger charge is 2.43. The van der Waals surface area contributed by atoms with Crippen LogP contribution in [0.4, 0.5) is 0 Å². The zero-order valence-corrected chi connectivity index (χ0v) is 13.0. The van der Waals surface area contributed by atoms with Crippen molar-refractivity contribution in [3.63, 3.8) is 0 Å². The SMILES string of the molecule is O=C(OCc1ccccc1)[C@H]1C[C@@H](CO)N1Cc1ccccc1. The molecule has 0 aromatic heterocycles. The molecule has 2 atom stereocenters. The molecule has 0 bridgehead atoms. The Kier molecular flexibility index (Phi) is 5.05. The van der Waals surface area contributed by atoms with E-state index in [4.69, 9.17) is 4.74 Å². The summed E-state index contributed by atoms with van der Waals surface area (Å²) in [7, 11) is 0. The van der Waals surface area contributed by atoms with E-state index in [1.165, 1.54) is 0 Å². The fourth-order valence-electron chi connectivity index (χ4n) is 2.91. The van der Waals surface area contributed by atoms with E-state index in [2.05, 4.69) is 0 Å². The second-order valence-corrected chi connectivity index (χ2v) is 5.84. The van der Waals surface area contributed by atoms with Crippen LogP contribution in [0.3, 0.4) is 0 Å². The molecule has 0 radical (unpaired) electrons. The predicted molar refractivity (Wildman–Crippen MR) is 87.5 cm³/mol. The van der Waals surface area contributed by atoms with Crippen LogP contribution in [0.5, 0.6) is 0 Å². The van der Waals surface area contributed by atoms with E-state index in [0.717, 1.165) is 11.1 Å². The van der Waals surface area contributed by atoms with Crippen molar-refractivity contribution in [1.29, 1.82) is 0 Å². The summed E-state index contributed by atoms with van der Waals surface area (Å²) in [5, 5.41) is 9.45. The molecule has 1 aliphatic heterocycles. The standard InChI is InChI=1S/C19H21NO3/c21-13-17-11-18(20(17)12-15-7-3-1-4-8-15)19(22)23-14-16-9-5-2-6-10-16/h1-10,17-18,21H,11-14H2/t17-,18+/m0/s1. The summed E-state index contributed by atoms with van der Waals surface area (Å²) < 4.78 is 5.43. The van der Waals surface area contributed by atoms with Gasteiger partial charge in [-0.2, -0.15) is 0 Å². The molecule has 1 fully saturated rings. The third-order valence-corrected chi connectivity index (χ3v) is 4.28. The van der Waals surface area contributed by atoms with E-state index >= 15 is 0 Å². The number of aliphatic hydroxyl groups is 1. The number of ether oxygens (including phenoxy) is 1. The van der Waals surface area contributed by atoms with Crippen LogP contribution in [-0.4, -0.2) is 34.7 Å². The van der Waals surface area contributed by atoms with Gasteiger partial charge in [0.25, 0.3) is 0 Å². The monoisotopic (exact) mass is 311 g/mol. The molecule has 0 spiro atoms. The van der Waals surface area contributed by atoms with Crippen molar-refractivity contribution in [2.24, 2.45) is 0 Å². The van der Waals surface area contributed by atoms with Crippen LogP contribution in [-0.2, 0) is 22.7 Å². The van der Waals surface area contributed by atoms with Crippen LogP contribution in [0.25, 0.3) is 0 Å². The minimum atomic E-state index is -0.268. The van der Waals surface area contributed by atoms with Crippen molar-refractivity contribution in [2.45, 2.75) is 31.7 Å². The summed E-state index contributed by atoms with van der Waals surface area (Å²) in [5.74, 6) is -0.213. The van der Waals surface area contributed by atoms with Gasteiger partial charge in [-0.05, 0) is 17.5 Å². The highest BCUT2D eigenvalue weighted by Crippen LogP contribution is 2.29. The summed E-state index contributed by atoms with van der Waals surface area (Å²) in [5.41, 5.74) is 2.11. The smallest absolute Gasteiger partial charge is 0.323 e. The maximum absolute atomic E-state index is 12.3. The minimum absolute atomic E-state index is 0.0319. The molecule has 0 unspecified atom stereocenters. The van der Waals surface area contributed by atoms with Crippen LogP contribution < -0.4 is 0 Å². The van der Waals surface area contributed by atoms with Gasteiger partial charge in [0.05, 0.1) is 6.61 Å². The van der Waals surface area contributed by atoms with Gasteiger partial charge >= 0.3 is 5.97 Å². The van der Waals surface area contributed by atoms with Crippen molar-refractivity contribution in [3.05, 3.63) is 71.8 Å². The molecule has 23 heavy (non-hydrogen) atoms. The maximum atomic E-state index is 12.3. The predicted octanol–water partition coefficient (Wildman–Crippen LogP) is 2.37. The lowest BCUT2D eigenvalue weighted by Gasteiger charge is -2.46. The largest absolute Gasteiger partial charge is 0.460 e. The first kappa shape index (κ1) is 15.7. The number of esters is 1. The number of benzene rings is 2. The minimum Gasteiger partial charge on any atom is -0.460 e. The number of carbonyl (C=O) groups is 1. The summed E-state index contributed by atoms with van der Waals surface area (Å²) in [6.45, 7) is 1.01. The van der Waals surface area contributed by atoms with E-state index < -0.39 is 0 Å². The molecule has 1 N–H and O–H groups in total. The van der Waals surface area contributed by atoms with Gasteiger partial charge < -0.3 is 9.84 Å². The Balaban J connectivity index is 1.58. The van der Waals surface area contributed by atoms with Crippen LogP contribution in [0, 0.1) is 0 Å². The molecule has 3 rings (SSSR count). The normalized spacial score (nSPS) is 20.7. The molecule has 1 heterocycles. The van der Waals surface area contributed by atoms with Crippen molar-refractivity contribution in [1.82, 2.24) is 4.90 Å². The molecular weight excluding hydrogens is 290 g/mol. The Morgan fingerprint density at radius 1 is 1.04 bits per heavy atom. The van der Waals surface area contributed by atoms with Gasteiger partial charge in [-0.15, -0.1) is 0 Å². The molecule has 4 nitrogen and oxygen atoms in total. The second kappa shape index (κ2) is 7.40. The summed E-state index contributed by atoms with van der Waals surface area (Å²) in [6.07, 6.45) is 0.650. The summed E-state index contributed by atoms with van der Waals surface area (Å²) in [6, 6.07) is 19.4. The zero-order chi connectivity index (χ0) is 16.1. The fraction of sp³-hybridized carbons (Fsp3) is 0.316. The van der Waals surface area contributed by atoms with E-state index in [1.54, 1.807) is 0 Å². The zero-order valence-electron chi connectivity index (χ0n) is 13.0. The average Bonchev–Trinajstić information content (AvgIpc) is 2.59. The molecule has 120 valence electrons. The molecule has 4 heteroatoms. The molecule has 0 amide bonds. The number of hydrogen-bond donors (Lipinski definition) is 1. The Hall–Kier alpha value is -2.17. The van der Waals surface area contributed by atoms with Gasteiger partial charge in [-0.3, -0.25) is 9.69 Å². The van der Waals surface area contributed by atoms with Crippen LogP contribution in [0.1, 0.15) is 17.5 Å². The van der Waals surface area contributed by atoms with E-state index in [1.807, 2.05) is 65.6 Å². The Morgan fingerprint density at radius 2 is 1.65 bits per heavy atom. The quantitative estimate of drug-likeness (QED) is 0.832. The van der Waals surface area contributed by atoms with Crippen molar-refractivity contribution in [3.8, 4) is 0 Å². The Bertz CT molecular complexity index is 630. The second-order valence-electron chi connectivity index (χ2n) is 5.84. The Morgan fingerprint density at radius 3 is 2.26 bits per heavy atom. The van der Waals surface area contributed by atoms with Crippen LogP contribution in [0.2, 0.25) is 0 Å². The molecule has 2 aromatic carbocycles. The van der Waals surface area contributed by atoms with Crippen molar-refractivity contribution >= 4 is 5.97 Å². The molecule has 1 saturated heterocycles. The number of rotatable bonds is 6.